The molecule has 108 valence electrons. The SMILES string of the molecule is Cc1cc2ncc(CNC(C)c3ccc(Cl)cc3)cn2n1. The van der Waals surface area contributed by atoms with E-state index in [1.165, 1.54) is 5.56 Å². The topological polar surface area (TPSA) is 42.2 Å². The number of halogens is 1. The number of nitrogens with one attached hydrogen (secondary N) is 1. The molecule has 2 aromatic heterocycles. The highest BCUT2D eigenvalue weighted by Gasteiger charge is 2.06. The van der Waals surface area contributed by atoms with Gasteiger partial charge in [-0.3, -0.25) is 0 Å². The molecule has 1 aromatic carbocycles. The lowest BCUT2D eigenvalue weighted by molar-refractivity contribution is 0.572. The summed E-state index contributed by atoms with van der Waals surface area (Å²) in [5, 5.41) is 8.62. The fraction of sp³-hybridized carbons (Fsp3) is 0.250. The van der Waals surface area contributed by atoms with E-state index < -0.39 is 0 Å². The molecule has 0 aliphatic carbocycles. The monoisotopic (exact) mass is 300 g/mol. The summed E-state index contributed by atoms with van der Waals surface area (Å²) in [6.45, 7) is 4.84. The first kappa shape index (κ1) is 14.0. The molecule has 0 aliphatic rings. The zero-order valence-corrected chi connectivity index (χ0v) is 12.8. The Morgan fingerprint density at radius 3 is 2.81 bits per heavy atom. The smallest absolute Gasteiger partial charge is 0.155 e. The normalized spacial score (nSPS) is 12.7. The number of hydrogen-bond acceptors (Lipinski definition) is 3. The third-order valence-corrected chi connectivity index (χ3v) is 3.72. The van der Waals surface area contributed by atoms with Crippen molar-refractivity contribution in [2.75, 3.05) is 0 Å². The van der Waals surface area contributed by atoms with Crippen LogP contribution in [-0.4, -0.2) is 14.6 Å². The van der Waals surface area contributed by atoms with Crippen molar-refractivity contribution in [1.29, 1.82) is 0 Å². The molecule has 1 unspecified atom stereocenters. The van der Waals surface area contributed by atoms with Crippen molar-refractivity contribution in [2.45, 2.75) is 26.4 Å². The van der Waals surface area contributed by atoms with Crippen molar-refractivity contribution in [3.63, 3.8) is 0 Å². The maximum atomic E-state index is 5.91. The molecule has 0 saturated carbocycles. The zero-order valence-electron chi connectivity index (χ0n) is 12.0. The predicted molar refractivity (Wildman–Crippen MR) is 84.4 cm³/mol. The Morgan fingerprint density at radius 2 is 2.05 bits per heavy atom. The molecule has 0 bridgehead atoms. The number of aryl methyl sites for hydroxylation is 1. The number of rotatable bonds is 4. The highest BCUT2D eigenvalue weighted by molar-refractivity contribution is 6.30. The Bertz CT molecular complexity index is 749. The molecule has 0 aliphatic heterocycles. The van der Waals surface area contributed by atoms with Crippen molar-refractivity contribution < 1.29 is 0 Å². The van der Waals surface area contributed by atoms with Crippen LogP contribution in [0.15, 0.2) is 42.7 Å². The average Bonchev–Trinajstić information content (AvgIpc) is 2.84. The number of benzene rings is 1. The van der Waals surface area contributed by atoms with E-state index in [-0.39, 0.29) is 6.04 Å². The van der Waals surface area contributed by atoms with E-state index in [0.29, 0.717) is 0 Å². The number of aromatic nitrogens is 3. The van der Waals surface area contributed by atoms with Gasteiger partial charge in [0, 0.05) is 41.6 Å². The summed E-state index contributed by atoms with van der Waals surface area (Å²) in [6.07, 6.45) is 3.90. The van der Waals surface area contributed by atoms with Gasteiger partial charge in [-0.2, -0.15) is 5.10 Å². The molecule has 0 amide bonds. The highest BCUT2D eigenvalue weighted by atomic mass is 35.5. The van der Waals surface area contributed by atoms with Crippen LogP contribution in [0.3, 0.4) is 0 Å². The lowest BCUT2D eigenvalue weighted by atomic mass is 10.1. The van der Waals surface area contributed by atoms with Crippen molar-refractivity contribution >= 4 is 17.2 Å². The minimum absolute atomic E-state index is 0.248. The van der Waals surface area contributed by atoms with Gasteiger partial charge in [0.2, 0.25) is 0 Å². The van der Waals surface area contributed by atoms with Crippen LogP contribution in [0, 0.1) is 6.92 Å². The third kappa shape index (κ3) is 3.23. The van der Waals surface area contributed by atoms with Gasteiger partial charge in [0.05, 0.1) is 5.69 Å². The lowest BCUT2D eigenvalue weighted by Gasteiger charge is -2.14. The summed E-state index contributed by atoms with van der Waals surface area (Å²) < 4.78 is 1.82. The fourth-order valence-corrected chi connectivity index (χ4v) is 2.39. The molecule has 0 fully saturated rings. The van der Waals surface area contributed by atoms with Gasteiger partial charge < -0.3 is 5.32 Å². The second-order valence-corrected chi connectivity index (χ2v) is 5.64. The summed E-state index contributed by atoms with van der Waals surface area (Å²) >= 11 is 5.91. The summed E-state index contributed by atoms with van der Waals surface area (Å²) in [5.74, 6) is 0. The summed E-state index contributed by atoms with van der Waals surface area (Å²) in [5.41, 5.74) is 4.17. The van der Waals surface area contributed by atoms with E-state index in [0.717, 1.165) is 28.5 Å². The minimum Gasteiger partial charge on any atom is -0.306 e. The molecular weight excluding hydrogens is 284 g/mol. The second-order valence-electron chi connectivity index (χ2n) is 5.20. The van der Waals surface area contributed by atoms with Crippen molar-refractivity contribution in [1.82, 2.24) is 19.9 Å². The molecule has 1 N–H and O–H groups in total. The maximum absolute atomic E-state index is 5.91. The zero-order chi connectivity index (χ0) is 14.8. The highest BCUT2D eigenvalue weighted by Crippen LogP contribution is 2.16. The quantitative estimate of drug-likeness (QED) is 0.801. The van der Waals surface area contributed by atoms with Gasteiger partial charge in [0.15, 0.2) is 5.65 Å². The molecule has 3 aromatic rings. The first-order chi connectivity index (χ1) is 10.1. The van der Waals surface area contributed by atoms with E-state index in [9.17, 15) is 0 Å². The number of nitrogens with zero attached hydrogens (tertiary/aromatic N) is 3. The van der Waals surface area contributed by atoms with Gasteiger partial charge in [-0.25, -0.2) is 9.50 Å². The van der Waals surface area contributed by atoms with Crippen molar-refractivity contribution in [3.8, 4) is 0 Å². The van der Waals surface area contributed by atoms with Gasteiger partial charge in [-0.05, 0) is 31.5 Å². The van der Waals surface area contributed by atoms with Crippen LogP contribution >= 0.6 is 11.6 Å². The minimum atomic E-state index is 0.248. The Kier molecular flexibility index (Phi) is 3.90. The Morgan fingerprint density at radius 1 is 1.29 bits per heavy atom. The van der Waals surface area contributed by atoms with E-state index in [1.54, 1.807) is 0 Å². The van der Waals surface area contributed by atoms with Gasteiger partial charge >= 0.3 is 0 Å². The van der Waals surface area contributed by atoms with Gasteiger partial charge in [-0.15, -0.1) is 0 Å². The van der Waals surface area contributed by atoms with Crippen LogP contribution in [0.5, 0.6) is 0 Å². The van der Waals surface area contributed by atoms with E-state index in [1.807, 2.05) is 54.2 Å². The molecular formula is C16H17ClN4. The molecule has 1 atom stereocenters. The second kappa shape index (κ2) is 5.84. The molecule has 21 heavy (non-hydrogen) atoms. The van der Waals surface area contributed by atoms with Gasteiger partial charge in [0.25, 0.3) is 0 Å². The summed E-state index contributed by atoms with van der Waals surface area (Å²) in [4.78, 5) is 4.41. The largest absolute Gasteiger partial charge is 0.306 e. The first-order valence-electron chi connectivity index (χ1n) is 6.91. The summed E-state index contributed by atoms with van der Waals surface area (Å²) in [6, 6.07) is 10.1. The maximum Gasteiger partial charge on any atom is 0.155 e. The predicted octanol–water partition coefficient (Wildman–Crippen LogP) is 3.54. The third-order valence-electron chi connectivity index (χ3n) is 3.47. The van der Waals surface area contributed by atoms with E-state index in [4.69, 9.17) is 11.6 Å². The lowest BCUT2D eigenvalue weighted by Crippen LogP contribution is -2.18. The van der Waals surface area contributed by atoms with Crippen LogP contribution in [0.2, 0.25) is 5.02 Å². The van der Waals surface area contributed by atoms with Crippen molar-refractivity contribution in [2.24, 2.45) is 0 Å². The standard InChI is InChI=1S/C16H17ClN4/c1-11-7-16-19-9-13(10-21(16)20-11)8-18-12(2)14-3-5-15(17)6-4-14/h3-7,9-10,12,18H,8H2,1-2H3. The van der Waals surface area contributed by atoms with Crippen LogP contribution in [-0.2, 0) is 6.54 Å². The number of hydrogen-bond donors (Lipinski definition) is 1. The van der Waals surface area contributed by atoms with E-state index in [2.05, 4.69) is 22.3 Å². The summed E-state index contributed by atoms with van der Waals surface area (Å²) in [7, 11) is 0. The van der Waals surface area contributed by atoms with Gasteiger partial charge in [-0.1, -0.05) is 23.7 Å². The number of fused-ring (bicyclic) bond motifs is 1. The van der Waals surface area contributed by atoms with Crippen molar-refractivity contribution in [3.05, 3.63) is 64.6 Å². The van der Waals surface area contributed by atoms with Crippen LogP contribution < -0.4 is 5.32 Å². The molecule has 0 saturated heterocycles. The molecule has 0 radical (unpaired) electrons. The fourth-order valence-electron chi connectivity index (χ4n) is 2.27. The molecule has 3 rings (SSSR count). The molecule has 2 heterocycles. The molecule has 0 spiro atoms. The first-order valence-corrected chi connectivity index (χ1v) is 7.29. The molecule has 4 nitrogen and oxygen atoms in total. The van der Waals surface area contributed by atoms with Gasteiger partial charge in [0.1, 0.15) is 0 Å². The Labute approximate surface area is 128 Å². The average molecular weight is 301 g/mol. The van der Waals surface area contributed by atoms with Crippen LogP contribution in [0.1, 0.15) is 29.8 Å². The van der Waals surface area contributed by atoms with Crippen LogP contribution in [0.4, 0.5) is 0 Å². The van der Waals surface area contributed by atoms with E-state index >= 15 is 0 Å². The Hall–Kier alpha value is -1.91. The molecule has 5 heteroatoms. The van der Waals surface area contributed by atoms with Crippen LogP contribution in [0.25, 0.3) is 5.65 Å². The Balaban J connectivity index is 1.69.